The van der Waals surface area contributed by atoms with Crippen molar-refractivity contribution in [2.45, 2.75) is 24.1 Å². The van der Waals surface area contributed by atoms with Crippen LogP contribution in [0.25, 0.3) is 0 Å². The normalized spacial score (nSPS) is 12.6. The molecule has 2 rings (SSSR count). The van der Waals surface area contributed by atoms with Crippen LogP contribution in [0.1, 0.15) is 24.2 Å². The summed E-state index contributed by atoms with van der Waals surface area (Å²) >= 11 is 1.08. The smallest absolute Gasteiger partial charge is 0.251 e. The molecule has 0 aliphatic rings. The van der Waals surface area contributed by atoms with E-state index in [1.807, 2.05) is 0 Å². The second-order valence-electron chi connectivity index (χ2n) is 5.92. The van der Waals surface area contributed by atoms with Gasteiger partial charge in [0.05, 0.1) is 0 Å². The zero-order valence-electron chi connectivity index (χ0n) is 14.6. The number of rotatable bonds is 7. The van der Waals surface area contributed by atoms with E-state index in [0.717, 1.165) is 11.3 Å². The predicted octanol–water partition coefficient (Wildman–Crippen LogP) is 2.05. The van der Waals surface area contributed by atoms with E-state index in [0.29, 0.717) is 11.3 Å². The number of carbonyl (C=O) groups excluding carboxylic acids is 2. The minimum atomic E-state index is -3.78. The zero-order valence-corrected chi connectivity index (χ0v) is 16.3. The van der Waals surface area contributed by atoms with Gasteiger partial charge in [0.1, 0.15) is 10.3 Å². The average Bonchev–Trinajstić information content (AvgIpc) is 3.14. The molecule has 1 atom stereocenters. The maximum absolute atomic E-state index is 12.6. The van der Waals surface area contributed by atoms with E-state index in [4.69, 9.17) is 0 Å². The molecule has 0 aliphatic carbocycles. The summed E-state index contributed by atoms with van der Waals surface area (Å²) < 4.78 is 27.4. The molecular formula is C17H21N3O4S2. The van der Waals surface area contributed by atoms with Gasteiger partial charge in [0, 0.05) is 18.3 Å². The van der Waals surface area contributed by atoms with Gasteiger partial charge in [0.2, 0.25) is 5.91 Å². The number of carbonyl (C=O) groups is 2. The standard InChI is InChI=1S/C17H21N3O4S2/c1-11(2)15(20-26(23,24)14-8-5-9-25-14)17(22)19-13-7-4-6-12(10-13)16(21)18-3/h4-11,15,20H,1-3H3,(H,18,21)(H,19,22). The second-order valence-corrected chi connectivity index (χ2v) is 8.81. The number of anilines is 1. The Bertz CT molecular complexity index is 877. The Hall–Kier alpha value is -2.23. The Kier molecular flexibility index (Phi) is 6.52. The number of nitrogens with one attached hydrogen (secondary N) is 3. The highest BCUT2D eigenvalue weighted by Crippen LogP contribution is 2.18. The highest BCUT2D eigenvalue weighted by Gasteiger charge is 2.29. The molecular weight excluding hydrogens is 374 g/mol. The fourth-order valence-electron chi connectivity index (χ4n) is 2.24. The summed E-state index contributed by atoms with van der Waals surface area (Å²) in [6.07, 6.45) is 0. The van der Waals surface area contributed by atoms with Crippen molar-refractivity contribution in [3.05, 3.63) is 47.3 Å². The summed E-state index contributed by atoms with van der Waals surface area (Å²) in [6, 6.07) is 8.58. The molecule has 0 saturated heterocycles. The van der Waals surface area contributed by atoms with Gasteiger partial charge in [-0.1, -0.05) is 26.0 Å². The first kappa shape index (κ1) is 20.1. The van der Waals surface area contributed by atoms with Crippen LogP contribution in [0.5, 0.6) is 0 Å². The molecule has 1 aromatic carbocycles. The molecule has 1 unspecified atom stereocenters. The van der Waals surface area contributed by atoms with E-state index < -0.39 is 22.0 Å². The Morgan fingerprint density at radius 1 is 1.12 bits per heavy atom. The minimum absolute atomic E-state index is 0.151. The topological polar surface area (TPSA) is 104 Å². The Morgan fingerprint density at radius 3 is 2.42 bits per heavy atom. The molecule has 0 radical (unpaired) electrons. The predicted molar refractivity (Wildman–Crippen MR) is 102 cm³/mol. The lowest BCUT2D eigenvalue weighted by molar-refractivity contribution is -0.118. The Balaban J connectivity index is 2.18. The van der Waals surface area contributed by atoms with Crippen molar-refractivity contribution in [1.29, 1.82) is 0 Å². The second kappa shape index (κ2) is 8.43. The van der Waals surface area contributed by atoms with Gasteiger partial charge in [-0.2, -0.15) is 4.72 Å². The lowest BCUT2D eigenvalue weighted by atomic mass is 10.0. The molecule has 9 heteroatoms. The molecule has 0 fully saturated rings. The summed E-state index contributed by atoms with van der Waals surface area (Å²) in [5.41, 5.74) is 0.808. The van der Waals surface area contributed by atoms with E-state index in [9.17, 15) is 18.0 Å². The summed E-state index contributed by atoms with van der Waals surface area (Å²) in [5, 5.41) is 6.83. The van der Waals surface area contributed by atoms with Crippen molar-refractivity contribution < 1.29 is 18.0 Å². The number of sulfonamides is 1. The highest BCUT2D eigenvalue weighted by atomic mass is 32.2. The van der Waals surface area contributed by atoms with E-state index in [2.05, 4.69) is 15.4 Å². The van der Waals surface area contributed by atoms with Crippen LogP contribution in [0.15, 0.2) is 46.0 Å². The van der Waals surface area contributed by atoms with Crippen LogP contribution in [0, 0.1) is 5.92 Å². The van der Waals surface area contributed by atoms with Gasteiger partial charge in [-0.25, -0.2) is 8.42 Å². The molecule has 7 nitrogen and oxygen atoms in total. The van der Waals surface area contributed by atoms with Gasteiger partial charge < -0.3 is 10.6 Å². The molecule has 2 aromatic rings. The van der Waals surface area contributed by atoms with Crippen LogP contribution in [0.2, 0.25) is 0 Å². The summed E-state index contributed by atoms with van der Waals surface area (Å²) in [4.78, 5) is 24.3. The lowest BCUT2D eigenvalue weighted by Crippen LogP contribution is -2.46. The van der Waals surface area contributed by atoms with E-state index >= 15 is 0 Å². The van der Waals surface area contributed by atoms with Crippen molar-refractivity contribution in [2.75, 3.05) is 12.4 Å². The van der Waals surface area contributed by atoms with Crippen LogP contribution in [-0.2, 0) is 14.8 Å². The monoisotopic (exact) mass is 395 g/mol. The summed E-state index contributed by atoms with van der Waals surface area (Å²) in [5.74, 6) is -1.04. The number of hydrogen-bond acceptors (Lipinski definition) is 5. The Morgan fingerprint density at radius 2 is 1.85 bits per heavy atom. The van der Waals surface area contributed by atoms with Gasteiger partial charge >= 0.3 is 0 Å². The third-order valence-electron chi connectivity index (χ3n) is 3.61. The van der Waals surface area contributed by atoms with Crippen LogP contribution in [0.4, 0.5) is 5.69 Å². The van der Waals surface area contributed by atoms with Gasteiger partial charge in [-0.05, 0) is 35.6 Å². The molecule has 140 valence electrons. The number of amides is 2. The molecule has 0 spiro atoms. The van der Waals surface area contributed by atoms with Gasteiger partial charge in [0.25, 0.3) is 15.9 Å². The maximum Gasteiger partial charge on any atom is 0.251 e. The van der Waals surface area contributed by atoms with E-state index in [-0.39, 0.29) is 16.0 Å². The fraction of sp³-hybridized carbons (Fsp3) is 0.294. The maximum atomic E-state index is 12.6. The van der Waals surface area contributed by atoms with Gasteiger partial charge in [-0.3, -0.25) is 9.59 Å². The minimum Gasteiger partial charge on any atom is -0.355 e. The number of hydrogen-bond donors (Lipinski definition) is 3. The first-order valence-corrected chi connectivity index (χ1v) is 10.3. The number of thiophene rings is 1. The molecule has 3 N–H and O–H groups in total. The molecule has 0 aliphatic heterocycles. The molecule has 26 heavy (non-hydrogen) atoms. The van der Waals surface area contributed by atoms with Gasteiger partial charge in [0.15, 0.2) is 0 Å². The fourth-order valence-corrected chi connectivity index (χ4v) is 4.59. The van der Waals surface area contributed by atoms with Crippen molar-refractivity contribution in [3.63, 3.8) is 0 Å². The third kappa shape index (κ3) is 4.90. The average molecular weight is 396 g/mol. The molecule has 0 saturated carbocycles. The van der Waals surface area contributed by atoms with Crippen LogP contribution >= 0.6 is 11.3 Å². The Labute approximate surface area is 156 Å². The third-order valence-corrected chi connectivity index (χ3v) is 6.45. The summed E-state index contributed by atoms with van der Waals surface area (Å²) in [7, 11) is -2.26. The SMILES string of the molecule is CNC(=O)c1cccc(NC(=O)C(NS(=O)(=O)c2cccs2)C(C)C)c1. The van der Waals surface area contributed by atoms with Crippen molar-refractivity contribution in [2.24, 2.45) is 5.92 Å². The van der Waals surface area contributed by atoms with Gasteiger partial charge in [-0.15, -0.1) is 11.3 Å². The van der Waals surface area contributed by atoms with Crippen LogP contribution in [0.3, 0.4) is 0 Å². The first-order chi connectivity index (χ1) is 12.2. The number of benzene rings is 1. The van der Waals surface area contributed by atoms with Crippen LogP contribution in [-0.4, -0.2) is 33.3 Å². The molecule has 1 heterocycles. The quantitative estimate of drug-likeness (QED) is 0.667. The van der Waals surface area contributed by atoms with E-state index in [1.165, 1.54) is 19.2 Å². The highest BCUT2D eigenvalue weighted by molar-refractivity contribution is 7.91. The van der Waals surface area contributed by atoms with Crippen molar-refractivity contribution in [3.8, 4) is 0 Å². The molecule has 0 bridgehead atoms. The van der Waals surface area contributed by atoms with Crippen molar-refractivity contribution in [1.82, 2.24) is 10.0 Å². The zero-order chi connectivity index (χ0) is 19.3. The van der Waals surface area contributed by atoms with Crippen molar-refractivity contribution >= 4 is 38.9 Å². The van der Waals surface area contributed by atoms with Crippen LogP contribution < -0.4 is 15.4 Å². The molecule has 2 amide bonds. The molecule has 1 aromatic heterocycles. The van der Waals surface area contributed by atoms with E-state index in [1.54, 1.807) is 43.5 Å². The largest absolute Gasteiger partial charge is 0.355 e. The first-order valence-electron chi connectivity index (χ1n) is 7.93. The summed E-state index contributed by atoms with van der Waals surface area (Å²) in [6.45, 7) is 3.50. The lowest BCUT2D eigenvalue weighted by Gasteiger charge is -2.21.